The molecule has 0 aliphatic heterocycles. The number of halogens is 2. The van der Waals surface area contributed by atoms with Crippen LogP contribution in [0.3, 0.4) is 0 Å². The Morgan fingerprint density at radius 3 is 2.52 bits per heavy atom. The average Bonchev–Trinajstić information content (AvgIpc) is 2.93. The van der Waals surface area contributed by atoms with Crippen molar-refractivity contribution in [3.05, 3.63) is 30.2 Å². The number of rotatable bonds is 6. The Balaban J connectivity index is 0.00000242. The number of nitrogens with zero attached hydrogens (tertiary/aromatic N) is 3. The molecule has 0 fully saturated rings. The summed E-state index contributed by atoms with van der Waals surface area (Å²) in [5.41, 5.74) is 6.08. The van der Waals surface area contributed by atoms with Gasteiger partial charge in [-0.25, -0.2) is 0 Å². The molecule has 1 atom stereocenters. The smallest absolute Gasteiger partial charge is 0.228 e. The Hall–Kier alpha value is -1.37. The third-order valence-corrected chi connectivity index (χ3v) is 4.30. The van der Waals surface area contributed by atoms with E-state index in [0.717, 1.165) is 24.3 Å². The van der Waals surface area contributed by atoms with E-state index in [0.29, 0.717) is 6.54 Å². The molecule has 0 bridgehead atoms. The zero-order chi connectivity index (χ0) is 15.5. The molecule has 3 N–H and O–H groups in total. The van der Waals surface area contributed by atoms with Gasteiger partial charge in [-0.3, -0.25) is 9.20 Å². The second-order valence-corrected chi connectivity index (χ2v) is 5.37. The van der Waals surface area contributed by atoms with Crippen LogP contribution in [0.15, 0.2) is 24.4 Å². The zero-order valence-electron chi connectivity index (χ0n) is 13.7. The van der Waals surface area contributed by atoms with Gasteiger partial charge in [-0.2, -0.15) is 0 Å². The molecule has 1 amide bonds. The van der Waals surface area contributed by atoms with Gasteiger partial charge >= 0.3 is 0 Å². The van der Waals surface area contributed by atoms with Crippen molar-refractivity contribution < 1.29 is 4.79 Å². The molecule has 0 saturated heterocycles. The average molecular weight is 362 g/mol. The topological polar surface area (TPSA) is 85.3 Å². The van der Waals surface area contributed by atoms with Crippen molar-refractivity contribution in [3.8, 4) is 0 Å². The second-order valence-electron chi connectivity index (χ2n) is 5.37. The summed E-state index contributed by atoms with van der Waals surface area (Å²) in [5, 5.41) is 11.3. The summed E-state index contributed by atoms with van der Waals surface area (Å²) < 4.78 is 1.88. The lowest BCUT2D eigenvalue weighted by Gasteiger charge is -2.29. The van der Waals surface area contributed by atoms with E-state index < -0.39 is 5.41 Å². The summed E-state index contributed by atoms with van der Waals surface area (Å²) in [6.45, 7) is 6.24. The molecule has 2 rings (SSSR count). The summed E-state index contributed by atoms with van der Waals surface area (Å²) in [6.07, 6.45) is 3.33. The number of carbonyl (C=O) groups excluding carboxylic acids is 1. The minimum absolute atomic E-state index is 0. The number of carbonyl (C=O) groups is 1. The summed E-state index contributed by atoms with van der Waals surface area (Å²) in [5.74, 6) is 0.701. The van der Waals surface area contributed by atoms with E-state index >= 15 is 0 Å². The number of amides is 1. The number of hydrogen-bond donors (Lipinski definition) is 2. The summed E-state index contributed by atoms with van der Waals surface area (Å²) in [4.78, 5) is 12.6. The number of nitrogens with two attached hydrogens (primary N) is 1. The lowest BCUT2D eigenvalue weighted by molar-refractivity contribution is -0.131. The van der Waals surface area contributed by atoms with E-state index in [1.807, 2.05) is 49.6 Å². The highest BCUT2D eigenvalue weighted by Crippen LogP contribution is 2.26. The maximum Gasteiger partial charge on any atom is 0.228 e. The summed E-state index contributed by atoms with van der Waals surface area (Å²) in [7, 11) is 0. The third kappa shape index (κ3) is 4.13. The molecule has 1 unspecified atom stereocenters. The van der Waals surface area contributed by atoms with E-state index in [1.165, 1.54) is 0 Å². The molecule has 2 heterocycles. The standard InChI is InChI=1S/C15H23N5O.2ClH/c1-4-15(5-2,10-16)14(21)17-11(3)13-19-18-12-8-6-7-9-20(12)13;;/h6-9,11H,4-5,10,16H2,1-3H3,(H,17,21);2*1H. The van der Waals surface area contributed by atoms with E-state index in [9.17, 15) is 4.79 Å². The fourth-order valence-corrected chi connectivity index (χ4v) is 2.52. The molecule has 6 nitrogen and oxygen atoms in total. The van der Waals surface area contributed by atoms with Crippen LogP contribution in [0, 0.1) is 5.41 Å². The number of pyridine rings is 1. The van der Waals surface area contributed by atoms with Crippen molar-refractivity contribution in [2.24, 2.45) is 11.1 Å². The van der Waals surface area contributed by atoms with Crippen LogP contribution in [0.5, 0.6) is 0 Å². The van der Waals surface area contributed by atoms with Gasteiger partial charge in [0, 0.05) is 12.7 Å². The SMILES string of the molecule is CCC(CC)(CN)C(=O)NC(C)c1nnc2ccccn12.Cl.Cl. The Morgan fingerprint density at radius 1 is 1.30 bits per heavy atom. The molecule has 23 heavy (non-hydrogen) atoms. The molecule has 0 aromatic carbocycles. The molecule has 0 radical (unpaired) electrons. The predicted octanol–water partition coefficient (Wildman–Crippen LogP) is 2.52. The number of aromatic nitrogens is 3. The van der Waals surface area contributed by atoms with Gasteiger partial charge in [-0.05, 0) is 31.9 Å². The number of hydrogen-bond acceptors (Lipinski definition) is 4. The first-order chi connectivity index (χ1) is 10.1. The van der Waals surface area contributed by atoms with Crippen LogP contribution in [-0.2, 0) is 4.79 Å². The highest BCUT2D eigenvalue weighted by Gasteiger charge is 2.34. The van der Waals surface area contributed by atoms with Gasteiger partial charge in [0.2, 0.25) is 5.91 Å². The monoisotopic (exact) mass is 361 g/mol. The van der Waals surface area contributed by atoms with Gasteiger partial charge in [0.05, 0.1) is 11.5 Å². The molecule has 2 aromatic rings. The molecule has 0 saturated carbocycles. The maximum atomic E-state index is 12.6. The van der Waals surface area contributed by atoms with E-state index in [2.05, 4.69) is 15.5 Å². The zero-order valence-corrected chi connectivity index (χ0v) is 15.3. The van der Waals surface area contributed by atoms with Crippen molar-refractivity contribution in [1.82, 2.24) is 19.9 Å². The molecular weight excluding hydrogens is 337 g/mol. The van der Waals surface area contributed by atoms with Crippen molar-refractivity contribution >= 4 is 36.4 Å². The Labute approximate surface area is 149 Å². The van der Waals surface area contributed by atoms with Crippen molar-refractivity contribution in [2.75, 3.05) is 6.54 Å². The molecule has 2 aromatic heterocycles. The van der Waals surface area contributed by atoms with Crippen molar-refractivity contribution in [3.63, 3.8) is 0 Å². The summed E-state index contributed by atoms with van der Waals surface area (Å²) >= 11 is 0. The van der Waals surface area contributed by atoms with Gasteiger partial charge in [0.25, 0.3) is 0 Å². The largest absolute Gasteiger partial charge is 0.346 e. The van der Waals surface area contributed by atoms with Gasteiger partial charge in [-0.1, -0.05) is 19.9 Å². The van der Waals surface area contributed by atoms with Crippen LogP contribution < -0.4 is 11.1 Å². The Bertz CT molecular complexity index is 619. The van der Waals surface area contributed by atoms with Crippen LogP contribution in [0.1, 0.15) is 45.5 Å². The molecule has 8 heteroatoms. The van der Waals surface area contributed by atoms with Gasteiger partial charge in [0.15, 0.2) is 11.5 Å². The quantitative estimate of drug-likeness (QED) is 0.827. The van der Waals surface area contributed by atoms with Gasteiger partial charge in [0.1, 0.15) is 0 Å². The molecule has 130 valence electrons. The first-order valence-electron chi connectivity index (χ1n) is 7.38. The highest BCUT2D eigenvalue weighted by atomic mass is 35.5. The van der Waals surface area contributed by atoms with Gasteiger partial charge < -0.3 is 11.1 Å². The fraction of sp³-hybridized carbons (Fsp3) is 0.533. The predicted molar refractivity (Wildman–Crippen MR) is 96.1 cm³/mol. The number of nitrogens with one attached hydrogen (secondary N) is 1. The molecule has 0 spiro atoms. The second kappa shape index (κ2) is 9.05. The lowest BCUT2D eigenvalue weighted by atomic mass is 9.81. The van der Waals surface area contributed by atoms with E-state index in [-0.39, 0.29) is 36.8 Å². The van der Waals surface area contributed by atoms with Gasteiger partial charge in [-0.15, -0.1) is 35.0 Å². The van der Waals surface area contributed by atoms with Crippen molar-refractivity contribution in [1.29, 1.82) is 0 Å². The van der Waals surface area contributed by atoms with E-state index in [4.69, 9.17) is 5.73 Å². The fourth-order valence-electron chi connectivity index (χ4n) is 2.52. The summed E-state index contributed by atoms with van der Waals surface area (Å²) in [6, 6.07) is 5.48. The minimum Gasteiger partial charge on any atom is -0.346 e. The Kier molecular flexibility index (Phi) is 8.52. The third-order valence-electron chi connectivity index (χ3n) is 4.30. The normalized spacial score (nSPS) is 12.2. The first kappa shape index (κ1) is 21.6. The number of fused-ring (bicyclic) bond motifs is 1. The molecule has 0 aliphatic rings. The van der Waals surface area contributed by atoms with E-state index in [1.54, 1.807) is 0 Å². The minimum atomic E-state index is -0.505. The lowest BCUT2D eigenvalue weighted by Crippen LogP contribution is -2.46. The highest BCUT2D eigenvalue weighted by molar-refractivity contribution is 5.85. The molecule has 0 aliphatic carbocycles. The van der Waals surface area contributed by atoms with Crippen LogP contribution in [0.4, 0.5) is 0 Å². The van der Waals surface area contributed by atoms with Crippen LogP contribution in [0.25, 0.3) is 5.65 Å². The van der Waals surface area contributed by atoms with Crippen molar-refractivity contribution in [2.45, 2.75) is 39.7 Å². The maximum absolute atomic E-state index is 12.6. The molecular formula is C15H25Cl2N5O. The van der Waals surface area contributed by atoms with Crippen LogP contribution in [-0.4, -0.2) is 27.0 Å². The van der Waals surface area contributed by atoms with Crippen LogP contribution >= 0.6 is 24.8 Å². The first-order valence-corrected chi connectivity index (χ1v) is 7.38. The Morgan fingerprint density at radius 2 is 1.96 bits per heavy atom. The van der Waals surface area contributed by atoms with Crippen LogP contribution in [0.2, 0.25) is 0 Å².